The molecule has 1 aromatic heterocycles. The number of pyridine rings is 1. The first-order valence-electron chi connectivity index (χ1n) is 7.20. The molecule has 100 valence electrons. The van der Waals surface area contributed by atoms with Gasteiger partial charge in [0.15, 0.2) is 0 Å². The molecule has 1 N–H and O–H groups in total. The van der Waals surface area contributed by atoms with Crippen LogP contribution in [0.3, 0.4) is 0 Å². The van der Waals surface area contributed by atoms with E-state index in [1.807, 2.05) is 18.3 Å². The number of hydrogen-bond acceptors (Lipinski definition) is 4. The van der Waals surface area contributed by atoms with E-state index in [1.54, 1.807) is 0 Å². The molecule has 0 radical (unpaired) electrons. The highest BCUT2D eigenvalue weighted by molar-refractivity contribution is 5.48. The topological polar surface area (TPSA) is 52.0 Å². The van der Waals surface area contributed by atoms with Crippen LogP contribution in [0.15, 0.2) is 18.3 Å². The fourth-order valence-electron chi connectivity index (χ4n) is 2.82. The maximum atomic E-state index is 8.82. The summed E-state index contributed by atoms with van der Waals surface area (Å²) < 4.78 is 0. The number of nitriles is 1. The molecule has 1 aliphatic carbocycles. The number of hydrogen-bond donors (Lipinski definition) is 1. The van der Waals surface area contributed by atoms with Gasteiger partial charge in [-0.1, -0.05) is 0 Å². The van der Waals surface area contributed by atoms with Crippen molar-refractivity contribution >= 4 is 5.69 Å². The van der Waals surface area contributed by atoms with E-state index in [0.29, 0.717) is 11.7 Å². The number of anilines is 1. The first kappa shape index (κ1) is 12.4. The van der Waals surface area contributed by atoms with Crippen LogP contribution in [-0.4, -0.2) is 30.7 Å². The molecule has 0 unspecified atom stereocenters. The molecule has 4 heteroatoms. The van der Waals surface area contributed by atoms with Gasteiger partial charge in [0.2, 0.25) is 0 Å². The second-order valence-corrected chi connectivity index (χ2v) is 5.59. The van der Waals surface area contributed by atoms with Crippen molar-refractivity contribution in [2.24, 2.45) is 5.92 Å². The molecule has 1 saturated carbocycles. The van der Waals surface area contributed by atoms with E-state index in [0.717, 1.165) is 25.6 Å². The summed E-state index contributed by atoms with van der Waals surface area (Å²) in [5, 5.41) is 12.2. The van der Waals surface area contributed by atoms with E-state index in [1.165, 1.54) is 31.4 Å². The number of nitrogens with zero attached hydrogens (tertiary/aromatic N) is 3. The molecule has 1 saturated heterocycles. The Morgan fingerprint density at radius 3 is 2.63 bits per heavy atom. The Morgan fingerprint density at radius 2 is 2.05 bits per heavy atom. The Bertz CT molecular complexity index is 452. The van der Waals surface area contributed by atoms with Crippen LogP contribution in [0.5, 0.6) is 0 Å². The van der Waals surface area contributed by atoms with E-state index in [4.69, 9.17) is 5.26 Å². The maximum Gasteiger partial charge on any atom is 0.140 e. The van der Waals surface area contributed by atoms with Gasteiger partial charge in [0, 0.05) is 12.6 Å². The molecule has 0 bridgehead atoms. The molecule has 0 spiro atoms. The lowest BCUT2D eigenvalue weighted by Crippen LogP contribution is -2.37. The van der Waals surface area contributed by atoms with Gasteiger partial charge in [-0.3, -0.25) is 0 Å². The van der Waals surface area contributed by atoms with Gasteiger partial charge in [-0.15, -0.1) is 0 Å². The third-order valence-corrected chi connectivity index (χ3v) is 4.10. The van der Waals surface area contributed by atoms with Crippen molar-refractivity contribution < 1.29 is 0 Å². The number of aromatic nitrogens is 1. The predicted octanol–water partition coefficient (Wildman–Crippen LogP) is 1.92. The van der Waals surface area contributed by atoms with Crippen molar-refractivity contribution in [3.05, 3.63) is 24.0 Å². The van der Waals surface area contributed by atoms with Gasteiger partial charge in [-0.25, -0.2) is 4.98 Å². The molecule has 1 aromatic rings. The number of rotatable bonds is 4. The smallest absolute Gasteiger partial charge is 0.140 e. The van der Waals surface area contributed by atoms with Crippen LogP contribution in [-0.2, 0) is 0 Å². The minimum Gasteiger partial charge on any atom is -0.367 e. The van der Waals surface area contributed by atoms with Gasteiger partial charge < -0.3 is 10.2 Å². The fourth-order valence-corrected chi connectivity index (χ4v) is 2.82. The Morgan fingerprint density at radius 1 is 1.26 bits per heavy atom. The summed E-state index contributed by atoms with van der Waals surface area (Å²) in [6.07, 6.45) is 6.99. The van der Waals surface area contributed by atoms with E-state index in [-0.39, 0.29) is 0 Å². The van der Waals surface area contributed by atoms with Gasteiger partial charge in [0.05, 0.1) is 11.9 Å². The van der Waals surface area contributed by atoms with Crippen LogP contribution < -0.4 is 10.2 Å². The highest BCUT2D eigenvalue weighted by Crippen LogP contribution is 2.33. The third kappa shape index (κ3) is 3.05. The van der Waals surface area contributed by atoms with Crippen molar-refractivity contribution in [2.75, 3.05) is 24.5 Å². The van der Waals surface area contributed by atoms with Gasteiger partial charge >= 0.3 is 0 Å². The van der Waals surface area contributed by atoms with Gasteiger partial charge in [0.25, 0.3) is 0 Å². The van der Waals surface area contributed by atoms with Crippen molar-refractivity contribution in [3.8, 4) is 6.07 Å². The Kier molecular flexibility index (Phi) is 3.65. The average molecular weight is 256 g/mol. The largest absolute Gasteiger partial charge is 0.367 e. The first-order chi connectivity index (χ1) is 9.36. The molecule has 4 nitrogen and oxygen atoms in total. The van der Waals surface area contributed by atoms with Crippen molar-refractivity contribution in [1.82, 2.24) is 10.3 Å². The summed E-state index contributed by atoms with van der Waals surface area (Å²) in [6, 6.07) is 6.65. The van der Waals surface area contributed by atoms with E-state index in [9.17, 15) is 0 Å². The molecule has 2 aliphatic rings. The zero-order chi connectivity index (χ0) is 13.1. The Balaban J connectivity index is 1.70. The average Bonchev–Trinajstić information content (AvgIpc) is 3.31. The predicted molar refractivity (Wildman–Crippen MR) is 74.9 cm³/mol. The summed E-state index contributed by atoms with van der Waals surface area (Å²) >= 11 is 0. The molecular formula is C15H20N4. The van der Waals surface area contributed by atoms with Crippen molar-refractivity contribution in [3.63, 3.8) is 0 Å². The third-order valence-electron chi connectivity index (χ3n) is 4.10. The van der Waals surface area contributed by atoms with Crippen LogP contribution in [0.2, 0.25) is 0 Å². The molecular weight excluding hydrogens is 236 g/mol. The second kappa shape index (κ2) is 5.58. The van der Waals surface area contributed by atoms with Crippen LogP contribution >= 0.6 is 0 Å². The Hall–Kier alpha value is -1.60. The summed E-state index contributed by atoms with van der Waals surface area (Å²) in [4.78, 5) is 6.71. The summed E-state index contributed by atoms with van der Waals surface area (Å²) in [5.41, 5.74) is 1.68. The van der Waals surface area contributed by atoms with E-state index >= 15 is 0 Å². The number of piperidine rings is 1. The van der Waals surface area contributed by atoms with Crippen LogP contribution in [0.1, 0.15) is 31.4 Å². The second-order valence-electron chi connectivity index (χ2n) is 5.59. The molecule has 0 amide bonds. The van der Waals surface area contributed by atoms with Gasteiger partial charge in [-0.2, -0.15) is 5.26 Å². The van der Waals surface area contributed by atoms with Crippen LogP contribution in [0, 0.1) is 17.2 Å². The van der Waals surface area contributed by atoms with Crippen LogP contribution in [0.4, 0.5) is 5.69 Å². The normalized spacial score (nSPS) is 19.9. The summed E-state index contributed by atoms with van der Waals surface area (Å²) in [7, 11) is 0. The quantitative estimate of drug-likeness (QED) is 0.894. The lowest BCUT2D eigenvalue weighted by Gasteiger charge is -2.31. The summed E-state index contributed by atoms with van der Waals surface area (Å²) in [5.74, 6) is 0.789. The SMILES string of the molecule is N#Cc1ccc(N(CC2CCNCC2)C2CC2)cn1. The van der Waals surface area contributed by atoms with Crippen molar-refractivity contribution in [1.29, 1.82) is 5.26 Å². The van der Waals surface area contributed by atoms with E-state index in [2.05, 4.69) is 21.3 Å². The monoisotopic (exact) mass is 256 g/mol. The minimum absolute atomic E-state index is 0.501. The maximum absolute atomic E-state index is 8.82. The minimum atomic E-state index is 0.501. The van der Waals surface area contributed by atoms with Gasteiger partial charge in [0.1, 0.15) is 11.8 Å². The Labute approximate surface area is 114 Å². The zero-order valence-electron chi connectivity index (χ0n) is 11.2. The molecule has 2 fully saturated rings. The van der Waals surface area contributed by atoms with Crippen molar-refractivity contribution in [2.45, 2.75) is 31.7 Å². The first-order valence-corrected chi connectivity index (χ1v) is 7.20. The molecule has 3 rings (SSSR count). The molecule has 1 aliphatic heterocycles. The molecule has 19 heavy (non-hydrogen) atoms. The molecule has 0 aromatic carbocycles. The fraction of sp³-hybridized carbons (Fsp3) is 0.600. The zero-order valence-corrected chi connectivity index (χ0v) is 11.2. The highest BCUT2D eigenvalue weighted by Gasteiger charge is 2.31. The van der Waals surface area contributed by atoms with E-state index < -0.39 is 0 Å². The van der Waals surface area contributed by atoms with Crippen LogP contribution in [0.25, 0.3) is 0 Å². The highest BCUT2D eigenvalue weighted by atomic mass is 15.2. The lowest BCUT2D eigenvalue weighted by molar-refractivity contribution is 0.372. The summed E-state index contributed by atoms with van der Waals surface area (Å²) in [6.45, 7) is 3.43. The number of nitrogens with one attached hydrogen (secondary N) is 1. The van der Waals surface area contributed by atoms with Gasteiger partial charge in [-0.05, 0) is 56.8 Å². The standard InChI is InChI=1S/C15H20N4/c16-9-13-1-2-15(10-18-13)19(14-3-4-14)11-12-5-7-17-8-6-12/h1-2,10,12,14,17H,3-8,11H2. The molecule has 0 atom stereocenters. The lowest BCUT2D eigenvalue weighted by atomic mass is 9.97. The molecule has 2 heterocycles.